The van der Waals surface area contributed by atoms with E-state index in [1.165, 1.54) is 0 Å². The zero-order valence-electron chi connectivity index (χ0n) is 7.19. The van der Waals surface area contributed by atoms with Crippen molar-refractivity contribution in [2.75, 3.05) is 0 Å². The Morgan fingerprint density at radius 1 is 1.67 bits per heavy atom. The van der Waals surface area contributed by atoms with Crippen LogP contribution in [0.25, 0.3) is 0 Å². The van der Waals surface area contributed by atoms with Gasteiger partial charge in [0.2, 0.25) is 6.43 Å². The highest BCUT2D eigenvalue weighted by atomic mass is 19.3. The molecule has 1 aliphatic carbocycles. The Labute approximate surface area is 71.4 Å². The molecule has 68 valence electrons. The molecule has 0 heterocycles. The first kappa shape index (κ1) is 9.44. The molecule has 0 radical (unpaired) electrons. The van der Waals surface area contributed by atoms with Crippen LogP contribution in [0, 0.1) is 22.7 Å². The SMILES string of the molecule is CC1CCCC1(C#N)CC(F)F. The van der Waals surface area contributed by atoms with Gasteiger partial charge in [-0.05, 0) is 18.8 Å². The van der Waals surface area contributed by atoms with Crippen molar-refractivity contribution in [3.05, 3.63) is 0 Å². The first-order valence-corrected chi connectivity index (χ1v) is 4.30. The van der Waals surface area contributed by atoms with Crippen LogP contribution in [0.15, 0.2) is 0 Å². The smallest absolute Gasteiger partial charge is 0.210 e. The van der Waals surface area contributed by atoms with Crippen LogP contribution in [0.2, 0.25) is 0 Å². The summed E-state index contributed by atoms with van der Waals surface area (Å²) in [6, 6.07) is 2.08. The van der Waals surface area contributed by atoms with Crippen LogP contribution in [0.4, 0.5) is 8.78 Å². The Hall–Kier alpha value is -0.650. The van der Waals surface area contributed by atoms with Crippen molar-refractivity contribution in [1.82, 2.24) is 0 Å². The van der Waals surface area contributed by atoms with E-state index >= 15 is 0 Å². The van der Waals surface area contributed by atoms with E-state index in [2.05, 4.69) is 6.07 Å². The summed E-state index contributed by atoms with van der Waals surface area (Å²) in [6.45, 7) is 1.90. The third kappa shape index (κ3) is 1.57. The number of nitriles is 1. The van der Waals surface area contributed by atoms with E-state index in [0.29, 0.717) is 6.42 Å². The second-order valence-electron chi connectivity index (χ2n) is 3.66. The van der Waals surface area contributed by atoms with Gasteiger partial charge in [-0.1, -0.05) is 13.3 Å². The van der Waals surface area contributed by atoms with Crippen molar-refractivity contribution in [2.24, 2.45) is 11.3 Å². The summed E-state index contributed by atoms with van der Waals surface area (Å²) >= 11 is 0. The molecule has 12 heavy (non-hydrogen) atoms. The molecule has 0 bridgehead atoms. The van der Waals surface area contributed by atoms with Gasteiger partial charge in [0, 0.05) is 6.42 Å². The van der Waals surface area contributed by atoms with E-state index in [0.717, 1.165) is 12.8 Å². The van der Waals surface area contributed by atoms with Crippen molar-refractivity contribution >= 4 is 0 Å². The van der Waals surface area contributed by atoms with Crippen molar-refractivity contribution in [3.8, 4) is 6.07 Å². The van der Waals surface area contributed by atoms with Gasteiger partial charge in [-0.2, -0.15) is 5.26 Å². The lowest BCUT2D eigenvalue weighted by Gasteiger charge is -2.25. The third-order valence-corrected chi connectivity index (χ3v) is 2.94. The summed E-state index contributed by atoms with van der Waals surface area (Å²) < 4.78 is 24.3. The first-order valence-electron chi connectivity index (χ1n) is 4.30. The lowest BCUT2D eigenvalue weighted by molar-refractivity contribution is 0.0814. The van der Waals surface area contributed by atoms with Crippen molar-refractivity contribution in [2.45, 2.75) is 39.0 Å². The van der Waals surface area contributed by atoms with E-state index in [-0.39, 0.29) is 12.3 Å². The fourth-order valence-electron chi connectivity index (χ4n) is 2.04. The predicted molar refractivity (Wildman–Crippen MR) is 41.7 cm³/mol. The van der Waals surface area contributed by atoms with E-state index in [9.17, 15) is 8.78 Å². The second-order valence-corrected chi connectivity index (χ2v) is 3.66. The van der Waals surface area contributed by atoms with Crippen LogP contribution in [0.1, 0.15) is 32.6 Å². The molecule has 0 saturated heterocycles. The standard InChI is InChI=1S/C9H13F2N/c1-7-3-2-4-9(7,6-12)5-8(10)11/h7-8H,2-5H2,1H3. The van der Waals surface area contributed by atoms with E-state index in [1.807, 2.05) is 6.92 Å². The van der Waals surface area contributed by atoms with Crippen LogP contribution in [-0.4, -0.2) is 6.43 Å². The third-order valence-electron chi connectivity index (χ3n) is 2.94. The largest absolute Gasteiger partial charge is 0.240 e. The quantitative estimate of drug-likeness (QED) is 0.629. The summed E-state index contributed by atoms with van der Waals surface area (Å²) in [5.41, 5.74) is -0.728. The summed E-state index contributed by atoms with van der Waals surface area (Å²) in [7, 11) is 0. The highest BCUT2D eigenvalue weighted by molar-refractivity contribution is 5.05. The van der Waals surface area contributed by atoms with Crippen LogP contribution in [-0.2, 0) is 0 Å². The topological polar surface area (TPSA) is 23.8 Å². The van der Waals surface area contributed by atoms with Gasteiger partial charge in [-0.25, -0.2) is 8.78 Å². The maximum Gasteiger partial charge on any atom is 0.240 e. The number of hydrogen-bond acceptors (Lipinski definition) is 1. The highest BCUT2D eigenvalue weighted by Gasteiger charge is 2.42. The Bertz CT molecular complexity index is 197. The monoisotopic (exact) mass is 173 g/mol. The van der Waals surface area contributed by atoms with Gasteiger partial charge in [-0.3, -0.25) is 0 Å². The minimum Gasteiger partial charge on any atom is -0.210 e. The molecule has 1 nitrogen and oxygen atoms in total. The van der Waals surface area contributed by atoms with Gasteiger partial charge in [-0.15, -0.1) is 0 Å². The molecule has 0 aliphatic heterocycles. The normalized spacial score (nSPS) is 35.4. The minimum absolute atomic E-state index is 0.136. The molecule has 0 aromatic heterocycles. The molecule has 0 aromatic carbocycles. The second kappa shape index (κ2) is 3.38. The Morgan fingerprint density at radius 2 is 2.33 bits per heavy atom. The lowest BCUT2D eigenvalue weighted by Crippen LogP contribution is -2.24. The fraction of sp³-hybridized carbons (Fsp3) is 0.889. The zero-order valence-corrected chi connectivity index (χ0v) is 7.19. The van der Waals surface area contributed by atoms with Gasteiger partial charge < -0.3 is 0 Å². The molecule has 1 fully saturated rings. The Balaban J connectivity index is 2.69. The van der Waals surface area contributed by atoms with Gasteiger partial charge >= 0.3 is 0 Å². The number of alkyl halides is 2. The molecule has 0 aromatic rings. The summed E-state index contributed by atoms with van der Waals surface area (Å²) in [6.07, 6.45) is -0.105. The fourth-order valence-corrected chi connectivity index (χ4v) is 2.04. The summed E-state index contributed by atoms with van der Waals surface area (Å²) in [4.78, 5) is 0. The molecule has 0 N–H and O–H groups in total. The van der Waals surface area contributed by atoms with Crippen molar-refractivity contribution in [3.63, 3.8) is 0 Å². The number of rotatable bonds is 2. The maximum absolute atomic E-state index is 12.1. The first-order chi connectivity index (χ1) is 5.60. The molecule has 2 atom stereocenters. The molecular formula is C9H13F2N. The average Bonchev–Trinajstić information content (AvgIpc) is 2.32. The summed E-state index contributed by atoms with van der Waals surface area (Å²) in [5.74, 6) is 0.136. The number of halogens is 2. The number of nitrogens with zero attached hydrogens (tertiary/aromatic N) is 1. The van der Waals surface area contributed by atoms with Gasteiger partial charge in [0.05, 0.1) is 11.5 Å². The van der Waals surface area contributed by atoms with Crippen LogP contribution in [0.3, 0.4) is 0 Å². The zero-order chi connectivity index (χ0) is 9.19. The molecule has 2 unspecified atom stereocenters. The highest BCUT2D eigenvalue weighted by Crippen LogP contribution is 2.46. The molecule has 1 rings (SSSR count). The molecule has 3 heteroatoms. The van der Waals surface area contributed by atoms with Crippen molar-refractivity contribution < 1.29 is 8.78 Å². The minimum atomic E-state index is -2.34. The Morgan fingerprint density at radius 3 is 2.67 bits per heavy atom. The van der Waals surface area contributed by atoms with E-state index < -0.39 is 11.8 Å². The molecule has 1 saturated carbocycles. The molecule has 0 spiro atoms. The van der Waals surface area contributed by atoms with Crippen LogP contribution < -0.4 is 0 Å². The van der Waals surface area contributed by atoms with Crippen molar-refractivity contribution in [1.29, 1.82) is 5.26 Å². The van der Waals surface area contributed by atoms with E-state index in [4.69, 9.17) is 5.26 Å². The summed E-state index contributed by atoms with van der Waals surface area (Å²) in [5, 5.41) is 8.85. The van der Waals surface area contributed by atoms with Crippen LogP contribution in [0.5, 0.6) is 0 Å². The Kier molecular flexibility index (Phi) is 2.66. The van der Waals surface area contributed by atoms with Gasteiger partial charge in [0.1, 0.15) is 0 Å². The van der Waals surface area contributed by atoms with Crippen LogP contribution >= 0.6 is 0 Å². The molecular weight excluding hydrogens is 160 g/mol. The van der Waals surface area contributed by atoms with E-state index in [1.54, 1.807) is 0 Å². The molecule has 1 aliphatic rings. The number of hydrogen-bond donors (Lipinski definition) is 0. The average molecular weight is 173 g/mol. The maximum atomic E-state index is 12.1. The molecule has 0 amide bonds. The van der Waals surface area contributed by atoms with Gasteiger partial charge in [0.25, 0.3) is 0 Å². The lowest BCUT2D eigenvalue weighted by atomic mass is 9.77. The van der Waals surface area contributed by atoms with Gasteiger partial charge in [0.15, 0.2) is 0 Å². The predicted octanol–water partition coefficient (Wildman–Crippen LogP) is 2.97.